The largest absolute Gasteiger partial charge is 0.404 e. The SMILES string of the molecule is Cc1ccc(-c2nn(C3CCC(CN4CCN(CC#Cc5cccc6c5n(C)c(=O)n6C5CCC(=O)NC5=O)CC4)CC3)cc2NC(=O)C(=CN)c2ncccn2)nc1. The first-order valence-corrected chi connectivity index (χ1v) is 20.2. The van der Waals surface area contributed by atoms with Gasteiger partial charge in [-0.3, -0.25) is 43.4 Å². The van der Waals surface area contributed by atoms with Crippen molar-refractivity contribution in [2.24, 2.45) is 18.7 Å². The number of carbonyl (C=O) groups is 3. The number of benzene rings is 1. The molecule has 0 radical (unpaired) electrons. The van der Waals surface area contributed by atoms with Gasteiger partial charge in [-0.2, -0.15) is 5.10 Å². The Balaban J connectivity index is 0.855. The number of rotatable bonds is 9. The minimum atomic E-state index is -0.732. The van der Waals surface area contributed by atoms with Crippen molar-refractivity contribution in [3.63, 3.8) is 0 Å². The van der Waals surface area contributed by atoms with Gasteiger partial charge in [0.1, 0.15) is 11.7 Å². The molecule has 0 bridgehead atoms. The van der Waals surface area contributed by atoms with Crippen molar-refractivity contribution < 1.29 is 14.4 Å². The molecule has 59 heavy (non-hydrogen) atoms. The van der Waals surface area contributed by atoms with E-state index in [4.69, 9.17) is 10.8 Å². The number of aryl methyl sites for hydroxylation is 2. The molecule has 16 nitrogen and oxygen atoms in total. The van der Waals surface area contributed by atoms with Crippen molar-refractivity contribution in [2.75, 3.05) is 44.6 Å². The molecule has 2 saturated heterocycles. The van der Waals surface area contributed by atoms with Gasteiger partial charge < -0.3 is 16.0 Å². The Kier molecular flexibility index (Phi) is 11.5. The summed E-state index contributed by atoms with van der Waals surface area (Å²) in [7, 11) is 1.69. The number of nitrogens with one attached hydrogen (secondary N) is 2. The van der Waals surface area contributed by atoms with Crippen molar-refractivity contribution in [1.29, 1.82) is 0 Å². The topological polar surface area (TPSA) is 191 Å². The number of aromatic nitrogens is 7. The number of nitrogens with zero attached hydrogens (tertiary/aromatic N) is 9. The molecule has 6 heterocycles. The first kappa shape index (κ1) is 39.4. The molecule has 5 aromatic rings. The number of fused-ring (bicyclic) bond motifs is 1. The lowest BCUT2D eigenvalue weighted by atomic mass is 9.85. The fourth-order valence-electron chi connectivity index (χ4n) is 8.45. The maximum atomic E-state index is 13.4. The zero-order valence-corrected chi connectivity index (χ0v) is 33.3. The van der Waals surface area contributed by atoms with Crippen LogP contribution in [0.1, 0.15) is 67.6 Å². The summed E-state index contributed by atoms with van der Waals surface area (Å²) in [6.45, 7) is 7.45. The van der Waals surface area contributed by atoms with Crippen LogP contribution in [0.5, 0.6) is 0 Å². The van der Waals surface area contributed by atoms with Gasteiger partial charge in [-0.25, -0.2) is 14.8 Å². The lowest BCUT2D eigenvalue weighted by Gasteiger charge is -2.37. The molecular weight excluding hydrogens is 749 g/mol. The van der Waals surface area contributed by atoms with E-state index in [9.17, 15) is 19.2 Å². The molecule has 16 heteroatoms. The summed E-state index contributed by atoms with van der Waals surface area (Å²) in [5.74, 6) is 6.27. The summed E-state index contributed by atoms with van der Waals surface area (Å²) in [6, 6.07) is 10.6. The zero-order valence-electron chi connectivity index (χ0n) is 33.3. The number of hydrogen-bond acceptors (Lipinski definition) is 11. The standard InChI is InChI=1S/C43H48N12O4/c1-28-9-14-33(47-25-28)38-34(48-41(57)32(24-44)40-45-17-5-18-46-40)27-54(50-38)31-12-10-29(11-13-31)26-53-22-20-52(21-23-53)19-4-7-30-6-3-8-35-39(30)51(2)43(59)55(35)36-15-16-37(56)49-42(36)58/h3,5-6,8-9,14,17-18,24-25,27,29,31,36H,10-13,15-16,19-23,26,44H2,1-2H3,(H,48,57)(H,49,56,58). The normalized spacial score (nSPS) is 20.6. The number of piperidine rings is 1. The molecule has 1 atom stereocenters. The van der Waals surface area contributed by atoms with Gasteiger partial charge in [0.05, 0.1) is 46.1 Å². The Morgan fingerprint density at radius 1 is 0.966 bits per heavy atom. The Morgan fingerprint density at radius 3 is 2.44 bits per heavy atom. The monoisotopic (exact) mass is 796 g/mol. The Hall–Kier alpha value is -6.44. The van der Waals surface area contributed by atoms with E-state index in [0.717, 1.165) is 69.5 Å². The van der Waals surface area contributed by atoms with E-state index < -0.39 is 17.9 Å². The minimum absolute atomic E-state index is 0.166. The molecule has 2 aliphatic heterocycles. The fraction of sp³-hybridized carbons (Fsp3) is 0.395. The van der Waals surface area contributed by atoms with Crippen LogP contribution >= 0.6 is 0 Å². The highest BCUT2D eigenvalue weighted by Gasteiger charge is 2.32. The minimum Gasteiger partial charge on any atom is -0.404 e. The van der Waals surface area contributed by atoms with Crippen LogP contribution in [-0.4, -0.2) is 101 Å². The molecule has 1 saturated carbocycles. The first-order valence-electron chi connectivity index (χ1n) is 20.2. The van der Waals surface area contributed by atoms with Crippen molar-refractivity contribution in [3.05, 3.63) is 94.8 Å². The summed E-state index contributed by atoms with van der Waals surface area (Å²) < 4.78 is 5.02. The van der Waals surface area contributed by atoms with E-state index in [0.29, 0.717) is 40.6 Å². The summed E-state index contributed by atoms with van der Waals surface area (Å²) in [5.41, 5.74) is 10.6. The van der Waals surface area contributed by atoms with Crippen molar-refractivity contribution in [1.82, 2.24) is 49.0 Å². The number of amides is 3. The molecule has 1 aliphatic carbocycles. The molecule has 3 aliphatic rings. The summed E-state index contributed by atoms with van der Waals surface area (Å²) in [5, 5.41) is 10.3. The van der Waals surface area contributed by atoms with Crippen LogP contribution in [-0.2, 0) is 21.4 Å². The van der Waals surface area contributed by atoms with Gasteiger partial charge in [-0.1, -0.05) is 24.0 Å². The average Bonchev–Trinajstić information content (AvgIpc) is 3.77. The van der Waals surface area contributed by atoms with Crippen LogP contribution in [0, 0.1) is 24.7 Å². The first-order chi connectivity index (χ1) is 28.7. The third-order valence-electron chi connectivity index (χ3n) is 11.7. The average molecular weight is 797 g/mol. The third-order valence-corrected chi connectivity index (χ3v) is 11.7. The Morgan fingerprint density at radius 2 is 1.73 bits per heavy atom. The molecule has 304 valence electrons. The number of hydrogen-bond donors (Lipinski definition) is 3. The second kappa shape index (κ2) is 17.2. The highest BCUT2D eigenvalue weighted by atomic mass is 16.2. The molecule has 8 rings (SSSR count). The summed E-state index contributed by atoms with van der Waals surface area (Å²) >= 11 is 0. The van der Waals surface area contributed by atoms with Crippen LogP contribution in [0.3, 0.4) is 0 Å². The maximum Gasteiger partial charge on any atom is 0.329 e. The van der Waals surface area contributed by atoms with Crippen LogP contribution in [0.15, 0.2) is 72.2 Å². The zero-order chi connectivity index (χ0) is 41.0. The van der Waals surface area contributed by atoms with Crippen LogP contribution < -0.4 is 22.1 Å². The number of piperazine rings is 1. The van der Waals surface area contributed by atoms with Gasteiger partial charge in [0.25, 0.3) is 5.91 Å². The second-order valence-corrected chi connectivity index (χ2v) is 15.6. The molecule has 3 amide bonds. The number of nitrogens with two attached hydrogens (primary N) is 1. The smallest absolute Gasteiger partial charge is 0.329 e. The number of para-hydroxylation sites is 1. The van der Waals surface area contributed by atoms with Crippen molar-refractivity contribution in [3.8, 4) is 23.2 Å². The third kappa shape index (κ3) is 8.43. The molecule has 0 spiro atoms. The van der Waals surface area contributed by atoms with E-state index in [-0.39, 0.29) is 41.9 Å². The Bertz CT molecular complexity index is 2510. The van der Waals surface area contributed by atoms with Gasteiger partial charge in [0.15, 0.2) is 5.82 Å². The molecular formula is C43H48N12O4. The van der Waals surface area contributed by atoms with Crippen LogP contribution in [0.4, 0.5) is 5.69 Å². The predicted molar refractivity (Wildman–Crippen MR) is 222 cm³/mol. The van der Waals surface area contributed by atoms with Gasteiger partial charge in [-0.15, -0.1) is 0 Å². The second-order valence-electron chi connectivity index (χ2n) is 15.6. The van der Waals surface area contributed by atoms with Gasteiger partial charge in [0.2, 0.25) is 11.8 Å². The molecule has 4 aromatic heterocycles. The highest BCUT2D eigenvalue weighted by molar-refractivity contribution is 6.24. The van der Waals surface area contributed by atoms with E-state index in [1.807, 2.05) is 48.1 Å². The summed E-state index contributed by atoms with van der Waals surface area (Å²) in [6.07, 6.45) is 12.7. The van der Waals surface area contributed by atoms with Crippen molar-refractivity contribution in [2.45, 2.75) is 57.5 Å². The van der Waals surface area contributed by atoms with Gasteiger partial charge >= 0.3 is 5.69 Å². The van der Waals surface area contributed by atoms with E-state index >= 15 is 0 Å². The number of pyridine rings is 1. The predicted octanol–water partition coefficient (Wildman–Crippen LogP) is 3.01. The quantitative estimate of drug-likeness (QED) is 0.113. The Labute approximate surface area is 341 Å². The van der Waals surface area contributed by atoms with E-state index in [2.05, 4.69) is 47.2 Å². The molecule has 1 unspecified atom stereocenters. The highest BCUT2D eigenvalue weighted by Crippen LogP contribution is 2.36. The number of imidazole rings is 1. The molecule has 1 aromatic carbocycles. The summed E-state index contributed by atoms with van der Waals surface area (Å²) in [4.78, 5) is 69.0. The number of anilines is 1. The van der Waals surface area contributed by atoms with Crippen LogP contribution in [0.2, 0.25) is 0 Å². The van der Waals surface area contributed by atoms with Gasteiger partial charge in [-0.05, 0) is 74.8 Å². The number of carbonyl (C=O) groups excluding carboxylic acids is 3. The lowest BCUT2D eigenvalue weighted by molar-refractivity contribution is -0.135. The fourth-order valence-corrected chi connectivity index (χ4v) is 8.45. The van der Waals surface area contributed by atoms with E-state index in [1.165, 1.54) is 10.8 Å². The maximum absolute atomic E-state index is 13.4. The van der Waals surface area contributed by atoms with Gasteiger partial charge in [0, 0.05) is 77.2 Å². The van der Waals surface area contributed by atoms with Crippen LogP contribution in [0.25, 0.3) is 28.0 Å². The molecule has 3 fully saturated rings. The number of imide groups is 1. The molecule has 4 N–H and O–H groups in total. The lowest BCUT2D eigenvalue weighted by Crippen LogP contribution is -2.48. The van der Waals surface area contributed by atoms with Crippen molar-refractivity contribution >= 4 is 40.0 Å². The van der Waals surface area contributed by atoms with E-state index in [1.54, 1.807) is 36.3 Å².